The molecule has 104 valence electrons. The molecular formula is C12H20O6. The van der Waals surface area contributed by atoms with Crippen molar-refractivity contribution in [2.45, 2.75) is 52.6 Å². The molecule has 0 aromatic rings. The van der Waals surface area contributed by atoms with Gasteiger partial charge in [-0.25, -0.2) is 9.59 Å². The van der Waals surface area contributed by atoms with Gasteiger partial charge in [0.1, 0.15) is 0 Å². The highest BCUT2D eigenvalue weighted by atomic mass is 17.5. The summed E-state index contributed by atoms with van der Waals surface area (Å²) in [5, 5.41) is 12.9. The van der Waals surface area contributed by atoms with Crippen molar-refractivity contribution >= 4 is 11.9 Å². The lowest BCUT2D eigenvalue weighted by Gasteiger charge is -2.15. The van der Waals surface area contributed by atoms with Crippen LogP contribution in [-0.2, 0) is 24.4 Å². The third-order valence-electron chi connectivity index (χ3n) is 1.75. The number of carbonyl (C=O) groups is 2. The second-order valence-electron chi connectivity index (χ2n) is 4.75. The van der Waals surface area contributed by atoms with Gasteiger partial charge >= 0.3 is 11.9 Å². The molecule has 0 fully saturated rings. The Bertz CT molecular complexity index is 313. The maximum atomic E-state index is 11.5. The van der Waals surface area contributed by atoms with E-state index in [2.05, 4.69) is 9.93 Å². The Kier molecular flexibility index (Phi) is 7.23. The number of carboxylic acids is 1. The van der Waals surface area contributed by atoms with Gasteiger partial charge in [0.05, 0.1) is 5.60 Å². The second kappa shape index (κ2) is 7.84. The zero-order chi connectivity index (χ0) is 14.2. The van der Waals surface area contributed by atoms with Gasteiger partial charge in [-0.3, -0.25) is 4.89 Å². The number of carbonyl (C=O) groups excluding carboxylic acids is 1. The van der Waals surface area contributed by atoms with E-state index in [1.165, 1.54) is 0 Å². The van der Waals surface area contributed by atoms with Crippen molar-refractivity contribution in [3.63, 3.8) is 0 Å². The minimum atomic E-state index is -1.20. The van der Waals surface area contributed by atoms with Gasteiger partial charge in [0.25, 0.3) is 0 Å². The van der Waals surface area contributed by atoms with Gasteiger partial charge in [-0.2, -0.15) is 4.89 Å². The molecule has 0 saturated carbocycles. The fourth-order valence-corrected chi connectivity index (χ4v) is 0.953. The summed E-state index contributed by atoms with van der Waals surface area (Å²) in [6.07, 6.45) is 2.66. The van der Waals surface area contributed by atoms with Crippen LogP contribution in [0.3, 0.4) is 0 Å². The van der Waals surface area contributed by atoms with Crippen LogP contribution in [-0.4, -0.2) is 22.6 Å². The molecule has 0 saturated heterocycles. The summed E-state index contributed by atoms with van der Waals surface area (Å²) in [5.74, 6) is -2.05. The van der Waals surface area contributed by atoms with Crippen LogP contribution in [0.15, 0.2) is 11.6 Å². The van der Waals surface area contributed by atoms with Gasteiger partial charge in [-0.05, 0) is 38.7 Å². The van der Waals surface area contributed by atoms with Gasteiger partial charge < -0.3 is 5.11 Å². The summed E-state index contributed by atoms with van der Waals surface area (Å²) in [5.41, 5.74) is -0.581. The van der Waals surface area contributed by atoms with E-state index >= 15 is 0 Å². The molecule has 0 unspecified atom stereocenters. The molecule has 0 aliphatic heterocycles. The highest BCUT2D eigenvalue weighted by Crippen LogP contribution is 2.12. The molecule has 0 heterocycles. The summed E-state index contributed by atoms with van der Waals surface area (Å²) in [4.78, 5) is 31.2. The Morgan fingerprint density at radius 3 is 2.33 bits per heavy atom. The first-order valence-electron chi connectivity index (χ1n) is 5.76. The SMILES string of the molecule is CCCCC(=CC(=O)O)C(=O)OOOC(C)(C)C. The second-order valence-corrected chi connectivity index (χ2v) is 4.75. The van der Waals surface area contributed by atoms with Crippen molar-refractivity contribution in [3.05, 3.63) is 11.6 Å². The Hall–Kier alpha value is -1.40. The van der Waals surface area contributed by atoms with E-state index in [0.717, 1.165) is 12.5 Å². The van der Waals surface area contributed by atoms with Crippen LogP contribution in [0.4, 0.5) is 0 Å². The van der Waals surface area contributed by atoms with Crippen LogP contribution in [0.5, 0.6) is 0 Å². The zero-order valence-corrected chi connectivity index (χ0v) is 11.2. The molecule has 0 aliphatic carbocycles. The van der Waals surface area contributed by atoms with Crippen molar-refractivity contribution < 1.29 is 29.5 Å². The number of rotatable bonds is 7. The molecule has 0 amide bonds. The third kappa shape index (κ3) is 8.72. The molecule has 0 atom stereocenters. The van der Waals surface area contributed by atoms with E-state index in [4.69, 9.17) is 9.99 Å². The Morgan fingerprint density at radius 1 is 1.28 bits per heavy atom. The highest BCUT2D eigenvalue weighted by Gasteiger charge is 2.17. The minimum Gasteiger partial charge on any atom is -0.478 e. The maximum Gasteiger partial charge on any atom is 0.372 e. The monoisotopic (exact) mass is 260 g/mol. The summed E-state index contributed by atoms with van der Waals surface area (Å²) < 4.78 is 0. The van der Waals surface area contributed by atoms with Gasteiger partial charge in [0.15, 0.2) is 0 Å². The molecule has 0 radical (unpaired) electrons. The highest BCUT2D eigenvalue weighted by molar-refractivity contribution is 5.95. The molecule has 0 aromatic heterocycles. The molecule has 6 nitrogen and oxygen atoms in total. The first-order chi connectivity index (χ1) is 8.26. The third-order valence-corrected chi connectivity index (χ3v) is 1.75. The topological polar surface area (TPSA) is 82.1 Å². The number of hydrogen-bond acceptors (Lipinski definition) is 5. The van der Waals surface area contributed by atoms with Crippen molar-refractivity contribution in [2.75, 3.05) is 0 Å². The van der Waals surface area contributed by atoms with Crippen molar-refractivity contribution in [3.8, 4) is 0 Å². The predicted molar refractivity (Wildman–Crippen MR) is 63.3 cm³/mol. The fraction of sp³-hybridized carbons (Fsp3) is 0.667. The smallest absolute Gasteiger partial charge is 0.372 e. The number of unbranched alkanes of at least 4 members (excludes halogenated alkanes) is 1. The standard InChI is InChI=1S/C12H20O6/c1-5-6-7-9(8-10(13)14)11(15)16-18-17-12(2,3)4/h8H,5-7H2,1-4H3,(H,13,14). The molecule has 0 aliphatic rings. The number of aliphatic carboxylic acids is 1. The van der Waals surface area contributed by atoms with Crippen molar-refractivity contribution in [1.82, 2.24) is 0 Å². The van der Waals surface area contributed by atoms with Crippen LogP contribution in [0.25, 0.3) is 0 Å². The van der Waals surface area contributed by atoms with Crippen molar-refractivity contribution in [1.29, 1.82) is 0 Å². The minimum absolute atomic E-state index is 0.0434. The van der Waals surface area contributed by atoms with Gasteiger partial charge in [0, 0.05) is 11.6 Å². The molecular weight excluding hydrogens is 240 g/mol. The van der Waals surface area contributed by atoms with Crippen LogP contribution >= 0.6 is 0 Å². The molecule has 6 heteroatoms. The molecule has 0 rings (SSSR count). The predicted octanol–water partition coefficient (Wildman–Crippen LogP) is 2.39. The van der Waals surface area contributed by atoms with E-state index in [-0.39, 0.29) is 5.57 Å². The van der Waals surface area contributed by atoms with E-state index in [1.54, 1.807) is 20.8 Å². The van der Waals surface area contributed by atoms with Gasteiger partial charge in [0.2, 0.25) is 0 Å². The van der Waals surface area contributed by atoms with E-state index in [1.807, 2.05) is 6.92 Å². The largest absolute Gasteiger partial charge is 0.478 e. The Morgan fingerprint density at radius 2 is 1.89 bits per heavy atom. The lowest BCUT2D eigenvalue weighted by Crippen LogP contribution is -2.21. The molecule has 1 N–H and O–H groups in total. The van der Waals surface area contributed by atoms with Crippen molar-refractivity contribution in [2.24, 2.45) is 0 Å². The molecule has 0 bridgehead atoms. The van der Waals surface area contributed by atoms with Crippen LogP contribution in [0.2, 0.25) is 0 Å². The molecule has 0 aromatic carbocycles. The average Bonchev–Trinajstić information content (AvgIpc) is 2.21. The van der Waals surface area contributed by atoms with E-state index in [0.29, 0.717) is 12.8 Å². The summed E-state index contributed by atoms with van der Waals surface area (Å²) >= 11 is 0. The van der Waals surface area contributed by atoms with E-state index < -0.39 is 17.5 Å². The summed E-state index contributed by atoms with van der Waals surface area (Å²) in [6.45, 7) is 7.08. The lowest BCUT2D eigenvalue weighted by atomic mass is 10.1. The summed E-state index contributed by atoms with van der Waals surface area (Å²) in [7, 11) is 0. The lowest BCUT2D eigenvalue weighted by molar-refractivity contribution is -0.513. The Balaban J connectivity index is 4.35. The summed E-state index contributed by atoms with van der Waals surface area (Å²) in [6, 6.07) is 0. The van der Waals surface area contributed by atoms with Gasteiger partial charge in [-0.1, -0.05) is 13.3 Å². The quantitative estimate of drug-likeness (QED) is 0.430. The average molecular weight is 260 g/mol. The first-order valence-corrected chi connectivity index (χ1v) is 5.76. The van der Waals surface area contributed by atoms with E-state index in [9.17, 15) is 9.59 Å². The molecule has 0 spiro atoms. The Labute approximate surface area is 106 Å². The normalized spacial score (nSPS) is 12.3. The van der Waals surface area contributed by atoms with Crippen LogP contribution in [0.1, 0.15) is 47.0 Å². The zero-order valence-electron chi connectivity index (χ0n) is 11.2. The van der Waals surface area contributed by atoms with Gasteiger partial charge in [-0.15, -0.1) is 0 Å². The van der Waals surface area contributed by atoms with Crippen LogP contribution in [0, 0.1) is 0 Å². The van der Waals surface area contributed by atoms with Crippen LogP contribution < -0.4 is 0 Å². The number of hydrogen-bond donors (Lipinski definition) is 1. The fourth-order valence-electron chi connectivity index (χ4n) is 0.953. The maximum absolute atomic E-state index is 11.5. The first kappa shape index (κ1) is 16.6. The molecule has 18 heavy (non-hydrogen) atoms. The number of carboxylic acid groups (broad SMARTS) is 1.